The van der Waals surface area contributed by atoms with E-state index in [0.29, 0.717) is 11.5 Å². The van der Waals surface area contributed by atoms with Crippen molar-refractivity contribution in [3.63, 3.8) is 0 Å². The van der Waals surface area contributed by atoms with Gasteiger partial charge in [0, 0.05) is 20.6 Å². The molecule has 0 aliphatic rings. The summed E-state index contributed by atoms with van der Waals surface area (Å²) in [4.78, 5) is 37.6. The van der Waals surface area contributed by atoms with Gasteiger partial charge in [-0.15, -0.1) is 0 Å². The van der Waals surface area contributed by atoms with Crippen LogP contribution in [0.3, 0.4) is 0 Å². The topological polar surface area (TPSA) is 96.4 Å². The molecule has 2 atom stereocenters. The van der Waals surface area contributed by atoms with Gasteiger partial charge < -0.3 is 14.6 Å². The molecule has 2 unspecified atom stereocenters. The predicted molar refractivity (Wildman–Crippen MR) is 94.4 cm³/mol. The molecule has 0 heterocycles. The molecule has 144 valence electrons. The van der Waals surface area contributed by atoms with Gasteiger partial charge in [0.1, 0.15) is 12.8 Å². The largest absolute Gasteiger partial charge is 0.480 e. The quantitative estimate of drug-likeness (QED) is 0.673. The smallest absolute Gasteiger partial charge is 0.329 e. The second-order valence-electron chi connectivity index (χ2n) is 5.62. The second-order valence-corrected chi connectivity index (χ2v) is 5.62. The number of rotatable bonds is 9. The van der Waals surface area contributed by atoms with Gasteiger partial charge in [0.15, 0.2) is 0 Å². The first kappa shape index (κ1) is 21.6. The van der Waals surface area contributed by atoms with E-state index in [0.717, 1.165) is 12.5 Å². The van der Waals surface area contributed by atoms with Crippen LogP contribution in [-0.4, -0.2) is 65.8 Å². The highest BCUT2D eigenvalue weighted by atomic mass is 16.5. The molecule has 0 saturated carbocycles. The Hall–Kier alpha value is -2.45. The number of carboxylic acid groups (broad SMARTS) is 1. The molecule has 3 amide bonds. The third-order valence-electron chi connectivity index (χ3n) is 3.82. The van der Waals surface area contributed by atoms with E-state index < -0.39 is 36.8 Å². The van der Waals surface area contributed by atoms with Crippen molar-refractivity contribution < 1.29 is 29.0 Å². The van der Waals surface area contributed by atoms with E-state index in [1.165, 1.54) is 12.0 Å². The number of urea groups is 1. The zero-order chi connectivity index (χ0) is 19.7. The Kier molecular flexibility index (Phi) is 8.74. The third kappa shape index (κ3) is 6.12. The molecule has 0 bridgehead atoms. The highest BCUT2D eigenvalue weighted by Gasteiger charge is 2.31. The number of methoxy groups -OCH3 is 1. The highest BCUT2D eigenvalue weighted by Crippen LogP contribution is 2.20. The average Bonchev–Trinajstić information content (AvgIpc) is 2.60. The minimum absolute atomic E-state index is 0.101. The summed E-state index contributed by atoms with van der Waals surface area (Å²) in [5.74, 6) is -1.93. The van der Waals surface area contributed by atoms with Crippen LogP contribution in [0.4, 0.5) is 4.79 Å². The van der Waals surface area contributed by atoms with Gasteiger partial charge in [0.05, 0.1) is 12.6 Å². The molecule has 0 saturated heterocycles. The molecule has 8 heteroatoms. The average molecular weight is 366 g/mol. The Morgan fingerprint density at radius 1 is 1.19 bits per heavy atom. The number of nitrogens with zero attached hydrogens (tertiary/aromatic N) is 2. The van der Waals surface area contributed by atoms with Crippen LogP contribution < -0.4 is 0 Å². The first-order valence-electron chi connectivity index (χ1n) is 8.31. The molecule has 1 aromatic rings. The van der Waals surface area contributed by atoms with Gasteiger partial charge in [0.2, 0.25) is 5.91 Å². The lowest BCUT2D eigenvalue weighted by Gasteiger charge is -2.34. The molecule has 1 rings (SSSR count). The number of amides is 3. The fourth-order valence-electron chi connectivity index (χ4n) is 2.48. The number of carboxylic acids is 1. The summed E-state index contributed by atoms with van der Waals surface area (Å²) in [6.07, 6.45) is -1.12. The molecule has 0 spiro atoms. The maximum atomic E-state index is 12.9. The van der Waals surface area contributed by atoms with Crippen molar-refractivity contribution in [2.75, 3.05) is 26.8 Å². The zero-order valence-corrected chi connectivity index (χ0v) is 15.5. The SMILES string of the molecule is CCOC(C)N(CC(OC)c1ccccc1)C(=O)N(CC(=O)O)C(C)=O. The minimum Gasteiger partial charge on any atom is -0.480 e. The van der Waals surface area contributed by atoms with Crippen LogP contribution in [0.1, 0.15) is 32.4 Å². The van der Waals surface area contributed by atoms with E-state index in [-0.39, 0.29) is 6.54 Å². The minimum atomic E-state index is -1.27. The Labute approximate surface area is 153 Å². The third-order valence-corrected chi connectivity index (χ3v) is 3.82. The molecule has 1 N–H and O–H groups in total. The summed E-state index contributed by atoms with van der Waals surface area (Å²) < 4.78 is 11.0. The number of imide groups is 1. The summed E-state index contributed by atoms with van der Waals surface area (Å²) in [5.41, 5.74) is 0.851. The summed E-state index contributed by atoms with van der Waals surface area (Å²) >= 11 is 0. The predicted octanol–water partition coefficient (Wildman–Crippen LogP) is 2.11. The van der Waals surface area contributed by atoms with E-state index in [4.69, 9.17) is 14.6 Å². The molecule has 1 aromatic carbocycles. The van der Waals surface area contributed by atoms with Gasteiger partial charge in [-0.3, -0.25) is 19.4 Å². The standard InChI is InChI=1S/C18H26N2O6/c1-5-26-14(3)20(18(24)19(13(2)21)12-17(22)23)11-16(25-4)15-9-7-6-8-10-15/h6-10,14,16H,5,11-12H2,1-4H3,(H,22,23). The molecule has 8 nitrogen and oxygen atoms in total. The van der Waals surface area contributed by atoms with Gasteiger partial charge in [-0.05, 0) is 19.4 Å². The number of hydrogen-bond acceptors (Lipinski definition) is 5. The fourth-order valence-corrected chi connectivity index (χ4v) is 2.48. The van der Waals surface area contributed by atoms with Crippen molar-refractivity contribution in [1.82, 2.24) is 9.80 Å². The normalized spacial score (nSPS) is 12.9. The van der Waals surface area contributed by atoms with Gasteiger partial charge in [-0.25, -0.2) is 4.79 Å². The van der Waals surface area contributed by atoms with E-state index >= 15 is 0 Å². The van der Waals surface area contributed by atoms with Crippen molar-refractivity contribution in [3.8, 4) is 0 Å². The Balaban J connectivity index is 3.11. The van der Waals surface area contributed by atoms with Crippen LogP contribution in [0.5, 0.6) is 0 Å². The monoisotopic (exact) mass is 366 g/mol. The van der Waals surface area contributed by atoms with Crippen molar-refractivity contribution in [3.05, 3.63) is 35.9 Å². The van der Waals surface area contributed by atoms with Crippen LogP contribution >= 0.6 is 0 Å². The molecule has 0 aliphatic carbocycles. The lowest BCUT2D eigenvalue weighted by atomic mass is 10.1. The van der Waals surface area contributed by atoms with Crippen LogP contribution in [-0.2, 0) is 19.1 Å². The number of aliphatic carboxylic acids is 1. The van der Waals surface area contributed by atoms with Crippen molar-refractivity contribution in [1.29, 1.82) is 0 Å². The summed E-state index contributed by atoms with van der Waals surface area (Å²) in [5, 5.41) is 8.99. The van der Waals surface area contributed by atoms with Crippen molar-refractivity contribution in [2.24, 2.45) is 0 Å². The van der Waals surface area contributed by atoms with E-state index in [9.17, 15) is 14.4 Å². The highest BCUT2D eigenvalue weighted by molar-refractivity contribution is 5.96. The zero-order valence-electron chi connectivity index (χ0n) is 15.5. The first-order chi connectivity index (χ1) is 12.3. The van der Waals surface area contributed by atoms with Gasteiger partial charge in [-0.2, -0.15) is 0 Å². The van der Waals surface area contributed by atoms with Gasteiger partial charge >= 0.3 is 12.0 Å². The van der Waals surface area contributed by atoms with Crippen molar-refractivity contribution >= 4 is 17.9 Å². The number of carbonyl (C=O) groups is 3. The molecule has 0 aromatic heterocycles. The number of benzene rings is 1. The van der Waals surface area contributed by atoms with Crippen LogP contribution in [0.25, 0.3) is 0 Å². The van der Waals surface area contributed by atoms with Crippen molar-refractivity contribution in [2.45, 2.75) is 33.1 Å². The summed E-state index contributed by atoms with van der Waals surface area (Å²) in [6, 6.07) is 8.56. The van der Waals surface area contributed by atoms with E-state index in [1.54, 1.807) is 13.8 Å². The molecular weight excluding hydrogens is 340 g/mol. The molecule has 0 radical (unpaired) electrons. The van der Waals surface area contributed by atoms with Crippen LogP contribution in [0.2, 0.25) is 0 Å². The molecule has 26 heavy (non-hydrogen) atoms. The van der Waals surface area contributed by atoms with Gasteiger partial charge in [-0.1, -0.05) is 30.3 Å². The Bertz CT molecular complexity index is 607. The number of carbonyl (C=O) groups excluding carboxylic acids is 2. The Morgan fingerprint density at radius 3 is 2.27 bits per heavy atom. The number of hydrogen-bond donors (Lipinski definition) is 1. The van der Waals surface area contributed by atoms with Gasteiger partial charge in [0.25, 0.3) is 0 Å². The summed E-state index contributed by atoms with van der Waals surface area (Å²) in [7, 11) is 1.52. The summed E-state index contributed by atoms with van der Waals surface area (Å²) in [6.45, 7) is 4.33. The fraction of sp³-hybridized carbons (Fsp3) is 0.500. The van der Waals surface area contributed by atoms with Crippen LogP contribution in [0.15, 0.2) is 30.3 Å². The van der Waals surface area contributed by atoms with E-state index in [1.807, 2.05) is 30.3 Å². The number of ether oxygens (including phenoxy) is 2. The molecule has 0 aliphatic heterocycles. The molecule has 0 fully saturated rings. The lowest BCUT2D eigenvalue weighted by Crippen LogP contribution is -2.52. The maximum absolute atomic E-state index is 12.9. The lowest BCUT2D eigenvalue weighted by molar-refractivity contribution is -0.142. The second kappa shape index (κ2) is 10.5. The molecular formula is C18H26N2O6. The first-order valence-corrected chi connectivity index (χ1v) is 8.31. The Morgan fingerprint density at radius 2 is 1.81 bits per heavy atom. The van der Waals surface area contributed by atoms with E-state index in [2.05, 4.69) is 0 Å². The maximum Gasteiger partial charge on any atom is 0.329 e. The van der Waals surface area contributed by atoms with Crippen LogP contribution in [0, 0.1) is 0 Å².